The standard InChI is InChI=1S/C15H22O2/c1-9-5-4-7-15(3)8-6-11-10(2)14(16)17-13(11)12(9)15/h10-13H,1,4-8H2,2-3H3/t10-,11?,12+,13-,15+/m0/s1. The fraction of sp³-hybridized carbons (Fsp3) is 0.800. The van der Waals surface area contributed by atoms with Gasteiger partial charge in [-0.2, -0.15) is 0 Å². The third kappa shape index (κ3) is 1.49. The molecule has 0 spiro atoms. The average molecular weight is 234 g/mol. The van der Waals surface area contributed by atoms with Crippen LogP contribution >= 0.6 is 0 Å². The van der Waals surface area contributed by atoms with Gasteiger partial charge in [0.1, 0.15) is 6.10 Å². The monoisotopic (exact) mass is 234 g/mol. The van der Waals surface area contributed by atoms with E-state index < -0.39 is 0 Å². The Morgan fingerprint density at radius 3 is 2.94 bits per heavy atom. The zero-order valence-electron chi connectivity index (χ0n) is 10.9. The molecule has 2 nitrogen and oxygen atoms in total. The summed E-state index contributed by atoms with van der Waals surface area (Å²) in [5, 5.41) is 0. The second-order valence-corrected chi connectivity index (χ2v) is 6.54. The molecule has 1 aliphatic heterocycles. The number of ether oxygens (including phenoxy) is 1. The summed E-state index contributed by atoms with van der Waals surface area (Å²) in [5.74, 6) is 0.973. The molecule has 0 amide bonds. The Labute approximate surface area is 103 Å². The first-order valence-electron chi connectivity index (χ1n) is 6.91. The Morgan fingerprint density at radius 1 is 1.41 bits per heavy atom. The molecule has 0 aromatic carbocycles. The molecule has 17 heavy (non-hydrogen) atoms. The first kappa shape index (κ1) is 11.3. The molecule has 0 aromatic heterocycles. The highest BCUT2D eigenvalue weighted by Gasteiger charge is 2.55. The maximum absolute atomic E-state index is 11.8. The number of carbonyl (C=O) groups is 1. The van der Waals surface area contributed by atoms with Crippen LogP contribution in [0.1, 0.15) is 46.0 Å². The van der Waals surface area contributed by atoms with Crippen LogP contribution in [0.4, 0.5) is 0 Å². The van der Waals surface area contributed by atoms with Gasteiger partial charge in [0.15, 0.2) is 0 Å². The Hall–Kier alpha value is -0.790. The lowest BCUT2D eigenvalue weighted by molar-refractivity contribution is -0.148. The third-order valence-corrected chi connectivity index (χ3v) is 5.50. The fourth-order valence-corrected chi connectivity index (χ4v) is 4.45. The van der Waals surface area contributed by atoms with Crippen LogP contribution in [0, 0.1) is 23.2 Å². The predicted octanol–water partition coefficient (Wildman–Crippen LogP) is 3.32. The minimum atomic E-state index is 0.0163. The molecule has 94 valence electrons. The largest absolute Gasteiger partial charge is 0.461 e. The summed E-state index contributed by atoms with van der Waals surface area (Å²) in [6, 6.07) is 0. The minimum Gasteiger partial charge on any atom is -0.461 e. The molecular formula is C15H22O2. The maximum Gasteiger partial charge on any atom is 0.309 e. The summed E-state index contributed by atoms with van der Waals surface area (Å²) in [4.78, 5) is 11.8. The number of fused-ring (bicyclic) bond motifs is 3. The van der Waals surface area contributed by atoms with Gasteiger partial charge < -0.3 is 4.74 Å². The second kappa shape index (κ2) is 3.60. The summed E-state index contributed by atoms with van der Waals surface area (Å²) < 4.78 is 5.68. The van der Waals surface area contributed by atoms with E-state index in [2.05, 4.69) is 13.5 Å². The zero-order valence-corrected chi connectivity index (χ0v) is 10.9. The van der Waals surface area contributed by atoms with Gasteiger partial charge in [0.2, 0.25) is 0 Å². The molecule has 0 radical (unpaired) electrons. The fourth-order valence-electron chi connectivity index (χ4n) is 4.45. The molecule has 2 aliphatic carbocycles. The molecule has 1 unspecified atom stereocenters. The van der Waals surface area contributed by atoms with Crippen LogP contribution in [-0.4, -0.2) is 12.1 Å². The van der Waals surface area contributed by atoms with Crippen LogP contribution in [0.2, 0.25) is 0 Å². The number of esters is 1. The van der Waals surface area contributed by atoms with Gasteiger partial charge in [0, 0.05) is 11.8 Å². The van der Waals surface area contributed by atoms with Gasteiger partial charge in [0.25, 0.3) is 0 Å². The first-order valence-corrected chi connectivity index (χ1v) is 6.91. The summed E-state index contributed by atoms with van der Waals surface area (Å²) >= 11 is 0. The normalized spacial score (nSPS) is 49.5. The van der Waals surface area contributed by atoms with Crippen LogP contribution in [0.15, 0.2) is 12.2 Å². The lowest BCUT2D eigenvalue weighted by atomic mass is 9.55. The van der Waals surface area contributed by atoms with E-state index >= 15 is 0 Å². The number of hydrogen-bond donors (Lipinski definition) is 0. The third-order valence-electron chi connectivity index (χ3n) is 5.50. The highest BCUT2D eigenvalue weighted by atomic mass is 16.6. The Kier molecular flexibility index (Phi) is 2.39. The number of rotatable bonds is 0. The van der Waals surface area contributed by atoms with Crippen molar-refractivity contribution in [3.05, 3.63) is 12.2 Å². The zero-order chi connectivity index (χ0) is 12.2. The Bertz CT molecular complexity index is 373. The summed E-state index contributed by atoms with van der Waals surface area (Å²) in [5.41, 5.74) is 1.66. The SMILES string of the molecule is C=C1CCC[C@]2(C)CCC3[C@H](C)C(=O)O[C@@H]3[C@@H]12. The lowest BCUT2D eigenvalue weighted by Gasteiger charge is -2.50. The van der Waals surface area contributed by atoms with Gasteiger partial charge in [-0.3, -0.25) is 4.79 Å². The van der Waals surface area contributed by atoms with E-state index in [9.17, 15) is 4.79 Å². The van der Waals surface area contributed by atoms with Gasteiger partial charge in [-0.1, -0.05) is 26.0 Å². The highest BCUT2D eigenvalue weighted by Crippen LogP contribution is 2.57. The van der Waals surface area contributed by atoms with Crippen molar-refractivity contribution < 1.29 is 9.53 Å². The molecule has 3 fully saturated rings. The molecule has 0 bridgehead atoms. The van der Waals surface area contributed by atoms with Gasteiger partial charge in [-0.05, 0) is 37.5 Å². The lowest BCUT2D eigenvalue weighted by Crippen LogP contribution is -2.47. The van der Waals surface area contributed by atoms with Crippen molar-refractivity contribution in [2.45, 2.75) is 52.1 Å². The predicted molar refractivity (Wildman–Crippen MR) is 66.4 cm³/mol. The Balaban J connectivity index is 1.95. The number of carbonyl (C=O) groups excluding carboxylic acids is 1. The summed E-state index contributed by atoms with van der Waals surface area (Å²) in [7, 11) is 0. The topological polar surface area (TPSA) is 26.3 Å². The van der Waals surface area contributed by atoms with E-state index in [0.29, 0.717) is 17.3 Å². The van der Waals surface area contributed by atoms with Crippen LogP contribution in [0.25, 0.3) is 0 Å². The molecule has 3 aliphatic rings. The van der Waals surface area contributed by atoms with Crippen molar-refractivity contribution in [2.75, 3.05) is 0 Å². The van der Waals surface area contributed by atoms with Crippen molar-refractivity contribution in [3.8, 4) is 0 Å². The van der Waals surface area contributed by atoms with Crippen LogP contribution < -0.4 is 0 Å². The van der Waals surface area contributed by atoms with E-state index in [1.54, 1.807) is 0 Å². The Morgan fingerprint density at radius 2 is 2.18 bits per heavy atom. The second-order valence-electron chi connectivity index (χ2n) is 6.54. The van der Waals surface area contributed by atoms with Crippen molar-refractivity contribution in [1.82, 2.24) is 0 Å². The minimum absolute atomic E-state index is 0.0163. The summed E-state index contributed by atoms with van der Waals surface area (Å²) in [6.45, 7) is 8.66. The molecule has 0 N–H and O–H groups in total. The molecule has 1 heterocycles. The first-order chi connectivity index (χ1) is 8.03. The van der Waals surface area contributed by atoms with E-state index in [1.807, 2.05) is 6.92 Å². The van der Waals surface area contributed by atoms with E-state index in [4.69, 9.17) is 4.74 Å². The van der Waals surface area contributed by atoms with E-state index in [1.165, 1.54) is 24.8 Å². The maximum atomic E-state index is 11.8. The molecule has 5 atom stereocenters. The average Bonchev–Trinajstić information content (AvgIpc) is 2.54. The van der Waals surface area contributed by atoms with Crippen LogP contribution in [0.3, 0.4) is 0 Å². The van der Waals surface area contributed by atoms with Crippen molar-refractivity contribution in [2.24, 2.45) is 23.2 Å². The molecule has 0 aromatic rings. The van der Waals surface area contributed by atoms with Crippen molar-refractivity contribution >= 4 is 5.97 Å². The van der Waals surface area contributed by atoms with Gasteiger partial charge in [-0.25, -0.2) is 0 Å². The highest BCUT2D eigenvalue weighted by molar-refractivity contribution is 5.75. The van der Waals surface area contributed by atoms with Gasteiger partial charge in [-0.15, -0.1) is 0 Å². The molecule has 2 heteroatoms. The molecular weight excluding hydrogens is 212 g/mol. The van der Waals surface area contributed by atoms with Gasteiger partial charge in [0.05, 0.1) is 5.92 Å². The van der Waals surface area contributed by atoms with Gasteiger partial charge >= 0.3 is 5.97 Å². The van der Waals surface area contributed by atoms with E-state index in [0.717, 1.165) is 12.8 Å². The van der Waals surface area contributed by atoms with Crippen molar-refractivity contribution in [3.63, 3.8) is 0 Å². The van der Waals surface area contributed by atoms with Crippen LogP contribution in [0.5, 0.6) is 0 Å². The molecule has 1 saturated heterocycles. The van der Waals surface area contributed by atoms with Crippen LogP contribution in [-0.2, 0) is 9.53 Å². The number of hydrogen-bond acceptors (Lipinski definition) is 2. The molecule has 2 saturated carbocycles. The quantitative estimate of drug-likeness (QED) is 0.475. The van der Waals surface area contributed by atoms with Crippen molar-refractivity contribution in [1.29, 1.82) is 0 Å². The van der Waals surface area contributed by atoms with E-state index in [-0.39, 0.29) is 18.0 Å². The smallest absolute Gasteiger partial charge is 0.309 e. The molecule has 3 rings (SSSR count). The summed E-state index contributed by atoms with van der Waals surface area (Å²) in [6.07, 6.45) is 6.16.